The maximum Gasteiger partial charge on any atom is 0.257 e. The monoisotopic (exact) mass is 420 g/mol. The zero-order valence-electron chi connectivity index (χ0n) is 17.0. The number of carbonyl (C=O) groups excluding carboxylic acids is 1. The number of hydrogen-bond acceptors (Lipinski definition) is 7. The third-order valence-corrected chi connectivity index (χ3v) is 5.45. The number of nitrogens with one attached hydrogen (secondary N) is 1. The second-order valence-corrected chi connectivity index (χ2v) is 7.56. The smallest absolute Gasteiger partial charge is 0.257 e. The van der Waals surface area contributed by atoms with Crippen LogP contribution in [0.4, 0.5) is 5.13 Å². The molecule has 0 bridgehead atoms. The van der Waals surface area contributed by atoms with Crippen LogP contribution in [0.15, 0.2) is 42.5 Å². The maximum atomic E-state index is 12.5. The molecule has 0 unspecified atom stereocenters. The Morgan fingerprint density at radius 3 is 2.70 bits per heavy atom. The van der Waals surface area contributed by atoms with E-state index < -0.39 is 0 Å². The van der Waals surface area contributed by atoms with E-state index >= 15 is 0 Å². The Balaban J connectivity index is 1.56. The summed E-state index contributed by atoms with van der Waals surface area (Å²) in [4.78, 5) is 16.9. The summed E-state index contributed by atoms with van der Waals surface area (Å²) in [7, 11) is 1.62. The number of aryl methyl sites for hydroxylation is 2. The molecule has 0 saturated heterocycles. The van der Waals surface area contributed by atoms with E-state index in [-0.39, 0.29) is 5.91 Å². The van der Waals surface area contributed by atoms with E-state index in [0.717, 1.165) is 39.8 Å². The van der Waals surface area contributed by atoms with Crippen molar-refractivity contribution in [2.75, 3.05) is 12.4 Å². The van der Waals surface area contributed by atoms with Crippen LogP contribution in [0, 0.1) is 20.8 Å². The highest BCUT2D eigenvalue weighted by atomic mass is 32.1. The first-order valence-corrected chi connectivity index (χ1v) is 10.0. The lowest BCUT2D eigenvalue weighted by Gasteiger charge is -2.05. The summed E-state index contributed by atoms with van der Waals surface area (Å²) in [5.41, 5.74) is 4.94. The lowest BCUT2D eigenvalue weighted by molar-refractivity contribution is 0.102. The molecule has 2 aromatic carbocycles. The molecular formula is C21H20N6O2S. The number of carbonyl (C=O) groups is 1. The van der Waals surface area contributed by atoms with Gasteiger partial charge in [-0.05, 0) is 56.2 Å². The van der Waals surface area contributed by atoms with Crippen molar-refractivity contribution in [3.8, 4) is 23.0 Å². The topological polar surface area (TPSA) is 94.8 Å². The van der Waals surface area contributed by atoms with Gasteiger partial charge in [0.1, 0.15) is 5.75 Å². The van der Waals surface area contributed by atoms with Gasteiger partial charge in [-0.3, -0.25) is 10.1 Å². The highest BCUT2D eigenvalue weighted by Crippen LogP contribution is 2.25. The first-order valence-electron chi connectivity index (χ1n) is 9.25. The van der Waals surface area contributed by atoms with Gasteiger partial charge in [0.2, 0.25) is 5.13 Å². The molecule has 2 aromatic heterocycles. The lowest BCUT2D eigenvalue weighted by atomic mass is 10.1. The Morgan fingerprint density at radius 2 is 1.93 bits per heavy atom. The number of methoxy groups -OCH3 is 1. The molecule has 1 N–H and O–H groups in total. The van der Waals surface area contributed by atoms with Crippen molar-refractivity contribution < 1.29 is 9.53 Å². The van der Waals surface area contributed by atoms with Crippen LogP contribution in [-0.4, -0.2) is 37.4 Å². The summed E-state index contributed by atoms with van der Waals surface area (Å²) in [5.74, 6) is 0.923. The molecule has 0 atom stereocenters. The molecular weight excluding hydrogens is 400 g/mol. The number of benzene rings is 2. The molecule has 0 aliphatic heterocycles. The molecule has 1 amide bonds. The minimum Gasteiger partial charge on any atom is -0.497 e. The number of nitrogens with zero attached hydrogens (tertiary/aromatic N) is 5. The quantitative estimate of drug-likeness (QED) is 0.525. The van der Waals surface area contributed by atoms with E-state index in [0.29, 0.717) is 22.2 Å². The van der Waals surface area contributed by atoms with Crippen LogP contribution in [-0.2, 0) is 0 Å². The van der Waals surface area contributed by atoms with E-state index in [2.05, 4.69) is 25.0 Å². The molecule has 4 aromatic rings. The van der Waals surface area contributed by atoms with Crippen molar-refractivity contribution in [3.63, 3.8) is 0 Å². The second-order valence-electron chi connectivity index (χ2n) is 6.81. The van der Waals surface area contributed by atoms with Crippen LogP contribution >= 0.6 is 11.5 Å². The molecule has 0 fully saturated rings. The Morgan fingerprint density at radius 1 is 1.10 bits per heavy atom. The predicted octanol–water partition coefficient (Wildman–Crippen LogP) is 3.97. The highest BCUT2D eigenvalue weighted by molar-refractivity contribution is 7.10. The first-order chi connectivity index (χ1) is 14.5. The number of anilines is 1. The van der Waals surface area contributed by atoms with Gasteiger partial charge in [0.15, 0.2) is 11.5 Å². The van der Waals surface area contributed by atoms with Gasteiger partial charge >= 0.3 is 0 Å². The molecule has 0 saturated carbocycles. The van der Waals surface area contributed by atoms with Crippen molar-refractivity contribution in [3.05, 3.63) is 64.8 Å². The summed E-state index contributed by atoms with van der Waals surface area (Å²) >= 11 is 1.10. The van der Waals surface area contributed by atoms with Crippen LogP contribution in [0.3, 0.4) is 0 Å². The van der Waals surface area contributed by atoms with E-state index in [1.54, 1.807) is 17.9 Å². The van der Waals surface area contributed by atoms with Crippen molar-refractivity contribution in [2.24, 2.45) is 0 Å². The van der Waals surface area contributed by atoms with Crippen molar-refractivity contribution >= 4 is 22.6 Å². The largest absolute Gasteiger partial charge is 0.497 e. The Hall–Kier alpha value is -3.59. The van der Waals surface area contributed by atoms with Gasteiger partial charge in [0, 0.05) is 23.2 Å². The Labute approximate surface area is 177 Å². The van der Waals surface area contributed by atoms with E-state index in [4.69, 9.17) is 4.74 Å². The Bertz CT molecular complexity index is 1230. The lowest BCUT2D eigenvalue weighted by Crippen LogP contribution is -2.12. The van der Waals surface area contributed by atoms with Crippen LogP contribution < -0.4 is 10.1 Å². The second kappa shape index (κ2) is 8.03. The molecule has 30 heavy (non-hydrogen) atoms. The summed E-state index contributed by atoms with van der Waals surface area (Å²) < 4.78 is 11.3. The van der Waals surface area contributed by atoms with Gasteiger partial charge in [-0.25, -0.2) is 4.68 Å². The molecule has 0 aliphatic carbocycles. The maximum absolute atomic E-state index is 12.5. The molecule has 9 heteroatoms. The number of amides is 1. The van der Waals surface area contributed by atoms with E-state index in [9.17, 15) is 4.79 Å². The predicted molar refractivity (Wildman–Crippen MR) is 115 cm³/mol. The number of rotatable bonds is 5. The van der Waals surface area contributed by atoms with Crippen LogP contribution in [0.25, 0.3) is 17.2 Å². The third kappa shape index (κ3) is 3.79. The minimum atomic E-state index is -0.224. The van der Waals surface area contributed by atoms with Crippen molar-refractivity contribution in [1.29, 1.82) is 0 Å². The molecule has 0 aliphatic rings. The molecule has 8 nitrogen and oxygen atoms in total. The average Bonchev–Trinajstić information content (AvgIpc) is 3.36. The summed E-state index contributed by atoms with van der Waals surface area (Å²) in [6.07, 6.45) is 0. The third-order valence-electron chi connectivity index (χ3n) is 4.82. The van der Waals surface area contributed by atoms with Gasteiger partial charge in [-0.2, -0.15) is 9.36 Å². The van der Waals surface area contributed by atoms with Gasteiger partial charge in [0.25, 0.3) is 5.91 Å². The number of hydrogen-bond donors (Lipinski definition) is 1. The molecule has 0 radical (unpaired) electrons. The fraction of sp³-hybridized carbons (Fsp3) is 0.190. The summed E-state index contributed by atoms with van der Waals surface area (Å²) in [6, 6.07) is 13.1. The molecule has 2 heterocycles. The van der Waals surface area contributed by atoms with Crippen molar-refractivity contribution in [2.45, 2.75) is 20.8 Å². The standard InChI is InChI=1S/C21H20N6O2S/c1-12-8-9-15(10-13(12)2)20(28)23-21-22-19(25-30-21)18-14(3)27(26-24-18)16-6-5-7-17(11-16)29-4/h5-11H,1-4H3,(H,22,23,25,28). The fourth-order valence-electron chi connectivity index (χ4n) is 2.95. The van der Waals surface area contributed by atoms with Crippen molar-refractivity contribution in [1.82, 2.24) is 24.4 Å². The molecule has 4 rings (SSSR count). The Kier molecular flexibility index (Phi) is 5.28. The van der Waals surface area contributed by atoms with Crippen LogP contribution in [0.1, 0.15) is 27.2 Å². The summed E-state index contributed by atoms with van der Waals surface area (Å²) in [5, 5.41) is 11.7. The van der Waals surface area contributed by atoms with Gasteiger partial charge < -0.3 is 4.74 Å². The zero-order chi connectivity index (χ0) is 21.3. The van der Waals surface area contributed by atoms with Crippen LogP contribution in [0.2, 0.25) is 0 Å². The first kappa shape index (κ1) is 19.7. The fourth-order valence-corrected chi connectivity index (χ4v) is 3.51. The SMILES string of the molecule is COc1cccc(-n2nnc(-c3nsc(NC(=O)c4ccc(C)c(C)c4)n3)c2C)c1. The van der Waals surface area contributed by atoms with Gasteiger partial charge in [0.05, 0.1) is 18.5 Å². The van der Waals surface area contributed by atoms with E-state index in [1.165, 1.54) is 0 Å². The number of ether oxygens (including phenoxy) is 1. The molecule has 152 valence electrons. The van der Waals surface area contributed by atoms with Gasteiger partial charge in [-0.15, -0.1) is 5.10 Å². The normalized spacial score (nSPS) is 10.8. The highest BCUT2D eigenvalue weighted by Gasteiger charge is 2.18. The number of aromatic nitrogens is 5. The molecule has 0 spiro atoms. The average molecular weight is 420 g/mol. The minimum absolute atomic E-state index is 0.224. The van der Waals surface area contributed by atoms with Crippen LogP contribution in [0.5, 0.6) is 5.75 Å². The zero-order valence-corrected chi connectivity index (χ0v) is 17.8. The van der Waals surface area contributed by atoms with Gasteiger partial charge in [-0.1, -0.05) is 17.3 Å². The summed E-state index contributed by atoms with van der Waals surface area (Å²) in [6.45, 7) is 5.88. The van der Waals surface area contributed by atoms with E-state index in [1.807, 2.05) is 57.2 Å².